The number of hydrogen-bond acceptors (Lipinski definition) is 3. The Morgan fingerprint density at radius 3 is 2.81 bits per heavy atom. The van der Waals surface area contributed by atoms with E-state index in [2.05, 4.69) is 10.6 Å². The van der Waals surface area contributed by atoms with Crippen LogP contribution in [0.25, 0.3) is 0 Å². The van der Waals surface area contributed by atoms with E-state index in [-0.39, 0.29) is 17.7 Å². The number of hydrogen-bond donors (Lipinski definition) is 3. The molecule has 1 unspecified atom stereocenters. The second-order valence-electron chi connectivity index (χ2n) is 5.57. The van der Waals surface area contributed by atoms with Gasteiger partial charge >= 0.3 is 5.97 Å². The first kappa shape index (κ1) is 15.4. The maximum Gasteiger partial charge on any atom is 0.326 e. The molecule has 0 bridgehead atoms. The molecular weight excluding hydrogens is 268 g/mol. The number of amides is 1. The average Bonchev–Trinajstić information content (AvgIpc) is 2.50. The number of aliphatic carboxylic acids is 1. The minimum absolute atomic E-state index is 0.0941. The predicted molar refractivity (Wildman–Crippen MR) is 81.3 cm³/mol. The highest BCUT2D eigenvalue weighted by atomic mass is 16.4. The van der Waals surface area contributed by atoms with Crippen LogP contribution in [0, 0.1) is 5.92 Å². The van der Waals surface area contributed by atoms with Gasteiger partial charge in [-0.05, 0) is 24.0 Å². The molecule has 0 saturated heterocycles. The molecule has 5 nitrogen and oxygen atoms in total. The molecule has 3 N–H and O–H groups in total. The lowest BCUT2D eigenvalue weighted by molar-refractivity contribution is -0.143. The van der Waals surface area contributed by atoms with Crippen LogP contribution in [0.5, 0.6) is 0 Å². The molecule has 0 fully saturated rings. The number of carbonyl (C=O) groups is 2. The maximum atomic E-state index is 12.5. The van der Waals surface area contributed by atoms with Crippen molar-refractivity contribution in [3.8, 4) is 0 Å². The third kappa shape index (κ3) is 3.35. The van der Waals surface area contributed by atoms with Crippen molar-refractivity contribution in [1.82, 2.24) is 5.32 Å². The smallest absolute Gasteiger partial charge is 0.326 e. The van der Waals surface area contributed by atoms with Crippen LogP contribution in [0.2, 0.25) is 0 Å². The quantitative estimate of drug-likeness (QED) is 0.777. The number of para-hydroxylation sites is 1. The minimum Gasteiger partial charge on any atom is -0.480 e. The van der Waals surface area contributed by atoms with Crippen molar-refractivity contribution in [1.29, 1.82) is 0 Å². The Balaban J connectivity index is 2.15. The van der Waals surface area contributed by atoms with Crippen molar-refractivity contribution in [2.24, 2.45) is 5.92 Å². The summed E-state index contributed by atoms with van der Waals surface area (Å²) < 4.78 is 0. The first-order valence-corrected chi connectivity index (χ1v) is 7.40. The van der Waals surface area contributed by atoms with E-state index in [1.165, 1.54) is 0 Å². The Labute approximate surface area is 124 Å². The fourth-order valence-corrected chi connectivity index (χ4v) is 2.68. The van der Waals surface area contributed by atoms with Crippen molar-refractivity contribution < 1.29 is 14.7 Å². The minimum atomic E-state index is -0.972. The standard InChI is InChI=1S/C16H22N2O3/c1-3-10(2)14(16(20)21)18-15(19)12-8-9-17-13-7-5-4-6-11(12)13/h4-7,10,12,14,17H,3,8-9H2,1-2H3,(H,18,19)(H,20,21)/t10-,12?,14-/m0/s1. The fourth-order valence-electron chi connectivity index (χ4n) is 2.68. The van der Waals surface area contributed by atoms with Crippen LogP contribution in [0.15, 0.2) is 24.3 Å². The van der Waals surface area contributed by atoms with Gasteiger partial charge < -0.3 is 15.7 Å². The molecule has 0 aliphatic carbocycles. The van der Waals surface area contributed by atoms with Crippen molar-refractivity contribution >= 4 is 17.6 Å². The molecule has 5 heteroatoms. The molecule has 0 radical (unpaired) electrons. The van der Waals surface area contributed by atoms with E-state index in [4.69, 9.17) is 0 Å². The normalized spacial score (nSPS) is 19.8. The summed E-state index contributed by atoms with van der Waals surface area (Å²) in [7, 11) is 0. The molecule has 114 valence electrons. The maximum absolute atomic E-state index is 12.5. The lowest BCUT2D eigenvalue weighted by Crippen LogP contribution is -2.47. The summed E-state index contributed by atoms with van der Waals surface area (Å²) in [5.74, 6) is -1.55. The summed E-state index contributed by atoms with van der Waals surface area (Å²) in [6, 6.07) is 6.86. The molecule has 21 heavy (non-hydrogen) atoms. The van der Waals surface area contributed by atoms with E-state index in [0.717, 1.165) is 17.8 Å². The number of carboxylic acids is 1. The van der Waals surface area contributed by atoms with Crippen molar-refractivity contribution in [2.75, 3.05) is 11.9 Å². The molecule has 1 heterocycles. The molecule has 1 aliphatic heterocycles. The Bertz CT molecular complexity index is 530. The van der Waals surface area contributed by atoms with E-state index in [9.17, 15) is 14.7 Å². The van der Waals surface area contributed by atoms with Crippen LogP contribution < -0.4 is 10.6 Å². The van der Waals surface area contributed by atoms with Crippen LogP contribution in [-0.4, -0.2) is 29.6 Å². The summed E-state index contributed by atoms with van der Waals surface area (Å²) in [6.07, 6.45) is 1.38. The highest BCUT2D eigenvalue weighted by Gasteiger charge is 2.31. The average molecular weight is 290 g/mol. The van der Waals surface area contributed by atoms with Gasteiger partial charge in [-0.3, -0.25) is 4.79 Å². The zero-order chi connectivity index (χ0) is 15.4. The van der Waals surface area contributed by atoms with Crippen LogP contribution in [0.1, 0.15) is 38.2 Å². The Kier molecular flexibility index (Phi) is 4.83. The monoisotopic (exact) mass is 290 g/mol. The zero-order valence-corrected chi connectivity index (χ0v) is 12.4. The number of carboxylic acid groups (broad SMARTS) is 1. The third-order valence-electron chi connectivity index (χ3n) is 4.18. The van der Waals surface area contributed by atoms with Crippen LogP contribution in [0.4, 0.5) is 5.69 Å². The van der Waals surface area contributed by atoms with Gasteiger partial charge in [0, 0.05) is 12.2 Å². The van der Waals surface area contributed by atoms with Gasteiger partial charge in [-0.2, -0.15) is 0 Å². The summed E-state index contributed by atoms with van der Waals surface area (Å²) in [6.45, 7) is 4.48. The van der Waals surface area contributed by atoms with Crippen LogP contribution in [-0.2, 0) is 9.59 Å². The Hall–Kier alpha value is -2.04. The molecule has 3 atom stereocenters. The van der Waals surface area contributed by atoms with E-state index in [1.54, 1.807) is 0 Å². The second-order valence-corrected chi connectivity index (χ2v) is 5.57. The van der Waals surface area contributed by atoms with Gasteiger partial charge in [0.1, 0.15) is 6.04 Å². The van der Waals surface area contributed by atoms with E-state index < -0.39 is 12.0 Å². The highest BCUT2D eigenvalue weighted by Crippen LogP contribution is 2.31. The topological polar surface area (TPSA) is 78.4 Å². The second kappa shape index (κ2) is 6.61. The molecule has 0 aromatic heterocycles. The van der Waals surface area contributed by atoms with Gasteiger partial charge in [-0.15, -0.1) is 0 Å². The van der Waals surface area contributed by atoms with Gasteiger partial charge in [-0.25, -0.2) is 4.79 Å². The summed E-state index contributed by atoms with van der Waals surface area (Å²) in [4.78, 5) is 23.8. The Morgan fingerprint density at radius 2 is 2.14 bits per heavy atom. The molecule has 0 saturated carbocycles. The van der Waals surface area contributed by atoms with Gasteiger partial charge in [0.15, 0.2) is 0 Å². The van der Waals surface area contributed by atoms with E-state index in [0.29, 0.717) is 12.8 Å². The van der Waals surface area contributed by atoms with Gasteiger partial charge in [0.25, 0.3) is 0 Å². The lowest BCUT2D eigenvalue weighted by atomic mass is 9.89. The van der Waals surface area contributed by atoms with E-state index >= 15 is 0 Å². The molecular formula is C16H22N2O3. The van der Waals surface area contributed by atoms with Crippen LogP contribution in [0.3, 0.4) is 0 Å². The first-order valence-electron chi connectivity index (χ1n) is 7.40. The number of benzene rings is 1. The zero-order valence-electron chi connectivity index (χ0n) is 12.4. The largest absolute Gasteiger partial charge is 0.480 e. The number of carbonyl (C=O) groups excluding carboxylic acids is 1. The van der Waals surface area contributed by atoms with Crippen molar-refractivity contribution in [3.05, 3.63) is 29.8 Å². The summed E-state index contributed by atoms with van der Waals surface area (Å²) in [5.41, 5.74) is 1.90. The fraction of sp³-hybridized carbons (Fsp3) is 0.500. The molecule has 1 amide bonds. The molecule has 0 spiro atoms. The number of nitrogens with one attached hydrogen (secondary N) is 2. The third-order valence-corrected chi connectivity index (χ3v) is 4.18. The highest BCUT2D eigenvalue weighted by molar-refractivity contribution is 5.90. The lowest BCUT2D eigenvalue weighted by Gasteiger charge is -2.28. The molecule has 1 aromatic carbocycles. The summed E-state index contributed by atoms with van der Waals surface area (Å²) in [5, 5.41) is 15.3. The van der Waals surface area contributed by atoms with E-state index in [1.807, 2.05) is 38.1 Å². The number of fused-ring (bicyclic) bond motifs is 1. The van der Waals surface area contributed by atoms with Gasteiger partial charge in [-0.1, -0.05) is 38.5 Å². The van der Waals surface area contributed by atoms with Gasteiger partial charge in [0.2, 0.25) is 5.91 Å². The van der Waals surface area contributed by atoms with Crippen LogP contribution >= 0.6 is 0 Å². The summed E-state index contributed by atoms with van der Waals surface area (Å²) >= 11 is 0. The number of rotatable bonds is 5. The Morgan fingerprint density at radius 1 is 1.43 bits per heavy atom. The van der Waals surface area contributed by atoms with Crippen molar-refractivity contribution in [3.63, 3.8) is 0 Å². The number of anilines is 1. The predicted octanol–water partition coefficient (Wildman–Crippen LogP) is 2.20. The SMILES string of the molecule is CC[C@H](C)[C@H](NC(=O)C1CCNc2ccccc21)C(=O)O. The molecule has 1 aliphatic rings. The van der Waals surface area contributed by atoms with Gasteiger partial charge in [0.05, 0.1) is 5.92 Å². The first-order chi connectivity index (χ1) is 10.0. The molecule has 1 aromatic rings. The molecule has 2 rings (SSSR count). The van der Waals surface area contributed by atoms with Crippen molar-refractivity contribution in [2.45, 2.75) is 38.6 Å².